The fraction of sp³-hybridized carbons (Fsp3) is 0.400. The molecular formula is C15H18O4S. The van der Waals surface area contributed by atoms with E-state index in [2.05, 4.69) is 13.8 Å². The summed E-state index contributed by atoms with van der Waals surface area (Å²) in [6.45, 7) is 6.24. The van der Waals surface area contributed by atoms with Gasteiger partial charge in [0.05, 0.1) is 18.6 Å². The van der Waals surface area contributed by atoms with Gasteiger partial charge in [-0.05, 0) is 25.1 Å². The van der Waals surface area contributed by atoms with Gasteiger partial charge in [-0.1, -0.05) is 13.8 Å². The Balaban J connectivity index is 2.57. The first-order valence-electron chi connectivity index (χ1n) is 6.51. The Kier molecular flexibility index (Phi) is 4.60. The predicted octanol–water partition coefficient (Wildman–Crippen LogP) is 4.12. The minimum absolute atomic E-state index is 0.272. The lowest BCUT2D eigenvalue weighted by Crippen LogP contribution is -2.04. The second kappa shape index (κ2) is 6.22. The van der Waals surface area contributed by atoms with Crippen molar-refractivity contribution in [2.75, 3.05) is 13.7 Å². The molecule has 108 valence electrons. The summed E-state index contributed by atoms with van der Waals surface area (Å²) in [4.78, 5) is 12.8. The van der Waals surface area contributed by atoms with E-state index in [1.807, 2.05) is 12.1 Å². The first kappa shape index (κ1) is 14.8. The Morgan fingerprint density at radius 1 is 1.40 bits per heavy atom. The molecule has 1 aromatic carbocycles. The van der Waals surface area contributed by atoms with Crippen LogP contribution >= 0.6 is 11.8 Å². The van der Waals surface area contributed by atoms with Gasteiger partial charge in [0.15, 0.2) is 0 Å². The van der Waals surface area contributed by atoms with Crippen molar-refractivity contribution in [1.29, 1.82) is 0 Å². The summed E-state index contributed by atoms with van der Waals surface area (Å²) in [6.07, 6.45) is 0. The molecule has 0 spiro atoms. The zero-order valence-electron chi connectivity index (χ0n) is 12.1. The van der Waals surface area contributed by atoms with E-state index in [1.54, 1.807) is 31.9 Å². The summed E-state index contributed by atoms with van der Waals surface area (Å²) in [5.41, 5.74) is 0.664. The second-order valence-corrected chi connectivity index (χ2v) is 6.10. The van der Waals surface area contributed by atoms with Gasteiger partial charge in [-0.2, -0.15) is 0 Å². The Morgan fingerprint density at radius 2 is 2.15 bits per heavy atom. The van der Waals surface area contributed by atoms with Crippen LogP contribution in [0.25, 0.3) is 11.0 Å². The number of fused-ring (bicyclic) bond motifs is 1. The van der Waals surface area contributed by atoms with Gasteiger partial charge < -0.3 is 13.9 Å². The molecule has 2 rings (SSSR count). The normalized spacial score (nSPS) is 11.1. The number of furan rings is 1. The van der Waals surface area contributed by atoms with Crippen LogP contribution in [0, 0.1) is 0 Å². The van der Waals surface area contributed by atoms with Crippen LogP contribution in [0.5, 0.6) is 5.75 Å². The molecule has 0 bridgehead atoms. The largest absolute Gasteiger partial charge is 0.497 e. The minimum atomic E-state index is -0.425. The molecule has 0 saturated carbocycles. The molecule has 0 N–H and O–H groups in total. The molecule has 0 aliphatic heterocycles. The Morgan fingerprint density at radius 3 is 2.75 bits per heavy atom. The van der Waals surface area contributed by atoms with Crippen molar-refractivity contribution in [3.8, 4) is 5.75 Å². The van der Waals surface area contributed by atoms with E-state index in [4.69, 9.17) is 13.9 Å². The number of benzene rings is 1. The molecule has 0 fully saturated rings. The summed E-state index contributed by atoms with van der Waals surface area (Å²) in [5, 5.41) is 1.21. The number of carbonyl (C=O) groups excluding carboxylic acids is 1. The number of methoxy groups -OCH3 is 1. The lowest BCUT2D eigenvalue weighted by molar-refractivity contribution is 0.0487. The van der Waals surface area contributed by atoms with Gasteiger partial charge in [-0.3, -0.25) is 0 Å². The summed E-state index contributed by atoms with van der Waals surface area (Å²) in [5.74, 6) is 0.582. The molecule has 0 amide bonds. The monoisotopic (exact) mass is 294 g/mol. The van der Waals surface area contributed by atoms with Gasteiger partial charge in [-0.15, -0.1) is 11.8 Å². The first-order chi connectivity index (χ1) is 9.56. The molecule has 0 unspecified atom stereocenters. The molecule has 0 radical (unpaired) electrons. The third kappa shape index (κ3) is 2.93. The van der Waals surface area contributed by atoms with Crippen molar-refractivity contribution in [1.82, 2.24) is 0 Å². The van der Waals surface area contributed by atoms with E-state index >= 15 is 0 Å². The lowest BCUT2D eigenvalue weighted by atomic mass is 10.2. The van der Waals surface area contributed by atoms with Crippen LogP contribution in [-0.4, -0.2) is 24.9 Å². The van der Waals surface area contributed by atoms with Crippen molar-refractivity contribution >= 4 is 28.7 Å². The van der Waals surface area contributed by atoms with Crippen LogP contribution in [0.3, 0.4) is 0 Å². The van der Waals surface area contributed by atoms with Gasteiger partial charge in [0.2, 0.25) is 5.76 Å². The fourth-order valence-electron chi connectivity index (χ4n) is 1.86. The van der Waals surface area contributed by atoms with Crippen LogP contribution < -0.4 is 4.74 Å². The number of hydrogen-bond donors (Lipinski definition) is 0. The Labute approximate surface area is 122 Å². The van der Waals surface area contributed by atoms with E-state index in [0.717, 1.165) is 16.0 Å². The number of thioether (sulfide) groups is 1. The van der Waals surface area contributed by atoms with Gasteiger partial charge in [-0.25, -0.2) is 4.79 Å². The number of hydrogen-bond acceptors (Lipinski definition) is 5. The first-order valence-corrected chi connectivity index (χ1v) is 7.39. The molecule has 0 atom stereocenters. The molecule has 0 aliphatic carbocycles. The van der Waals surface area contributed by atoms with Gasteiger partial charge >= 0.3 is 5.97 Å². The number of carbonyl (C=O) groups is 1. The average Bonchev–Trinajstić information content (AvgIpc) is 2.76. The zero-order chi connectivity index (χ0) is 14.7. The average molecular weight is 294 g/mol. The van der Waals surface area contributed by atoms with Crippen LogP contribution in [0.2, 0.25) is 0 Å². The van der Waals surface area contributed by atoms with E-state index < -0.39 is 5.97 Å². The number of esters is 1. The topological polar surface area (TPSA) is 48.7 Å². The van der Waals surface area contributed by atoms with Crippen LogP contribution in [0.15, 0.2) is 27.5 Å². The van der Waals surface area contributed by atoms with Crippen molar-refractivity contribution in [3.05, 3.63) is 24.0 Å². The van der Waals surface area contributed by atoms with Crippen LogP contribution in [-0.2, 0) is 4.74 Å². The third-order valence-electron chi connectivity index (χ3n) is 2.66. The van der Waals surface area contributed by atoms with Gasteiger partial charge in [0, 0.05) is 10.6 Å². The highest BCUT2D eigenvalue weighted by Crippen LogP contribution is 2.38. The molecular weight excluding hydrogens is 276 g/mol. The van der Waals surface area contributed by atoms with E-state index in [-0.39, 0.29) is 5.76 Å². The number of rotatable bonds is 5. The van der Waals surface area contributed by atoms with Crippen molar-refractivity contribution in [2.24, 2.45) is 0 Å². The smallest absolute Gasteiger partial charge is 0.375 e. The van der Waals surface area contributed by atoms with Crippen molar-refractivity contribution in [3.63, 3.8) is 0 Å². The zero-order valence-corrected chi connectivity index (χ0v) is 12.9. The fourth-order valence-corrected chi connectivity index (χ4v) is 2.85. The highest BCUT2D eigenvalue weighted by molar-refractivity contribution is 8.00. The van der Waals surface area contributed by atoms with E-state index in [9.17, 15) is 4.79 Å². The maximum Gasteiger partial charge on any atom is 0.375 e. The van der Waals surface area contributed by atoms with E-state index in [1.165, 1.54) is 0 Å². The van der Waals surface area contributed by atoms with Crippen LogP contribution in [0.1, 0.15) is 31.3 Å². The molecule has 5 heteroatoms. The number of ether oxygens (including phenoxy) is 2. The second-order valence-electron chi connectivity index (χ2n) is 4.51. The molecule has 2 aromatic rings. The summed E-state index contributed by atoms with van der Waals surface area (Å²) < 4.78 is 16.0. The third-order valence-corrected chi connectivity index (χ3v) is 3.78. The molecule has 1 heterocycles. The predicted molar refractivity (Wildman–Crippen MR) is 79.7 cm³/mol. The maximum absolute atomic E-state index is 12.0. The molecule has 20 heavy (non-hydrogen) atoms. The molecule has 0 aliphatic rings. The van der Waals surface area contributed by atoms with Crippen LogP contribution in [0.4, 0.5) is 0 Å². The highest BCUT2D eigenvalue weighted by Gasteiger charge is 2.23. The quantitative estimate of drug-likeness (QED) is 0.613. The highest BCUT2D eigenvalue weighted by atomic mass is 32.2. The Bertz CT molecular complexity index is 616. The summed E-state index contributed by atoms with van der Waals surface area (Å²) in [6, 6.07) is 5.50. The SMILES string of the molecule is CCOC(=O)c1oc2ccc(OC)cc2c1SC(C)C. The standard InChI is InChI=1S/C15H18O4S/c1-5-18-15(16)13-14(20-9(2)3)11-8-10(17-4)6-7-12(11)19-13/h6-9H,5H2,1-4H3. The minimum Gasteiger partial charge on any atom is -0.497 e. The van der Waals surface area contributed by atoms with Gasteiger partial charge in [0.1, 0.15) is 11.3 Å². The molecule has 0 saturated heterocycles. The maximum atomic E-state index is 12.0. The van der Waals surface area contributed by atoms with Crippen molar-refractivity contribution < 1.29 is 18.7 Å². The Hall–Kier alpha value is -1.62. The van der Waals surface area contributed by atoms with Gasteiger partial charge in [0.25, 0.3) is 0 Å². The lowest BCUT2D eigenvalue weighted by Gasteiger charge is -2.05. The molecule has 4 nitrogen and oxygen atoms in total. The molecule has 1 aromatic heterocycles. The summed E-state index contributed by atoms with van der Waals surface area (Å²) >= 11 is 1.58. The van der Waals surface area contributed by atoms with Crippen molar-refractivity contribution in [2.45, 2.75) is 30.9 Å². The van der Waals surface area contributed by atoms with E-state index in [0.29, 0.717) is 17.4 Å². The summed E-state index contributed by atoms with van der Waals surface area (Å²) in [7, 11) is 1.61.